The van der Waals surface area contributed by atoms with E-state index < -0.39 is 0 Å². The SMILES string of the molecule is C=NCc1cnn2cc(OCC)cc(-c3ccc(N4CC5CC(C4)C5O)nc3)c12. The molecule has 0 spiro atoms. The fraction of sp³-hybridized carbons (Fsp3) is 0.409. The number of pyridine rings is 2. The van der Waals surface area contributed by atoms with E-state index in [4.69, 9.17) is 9.72 Å². The molecule has 1 aliphatic carbocycles. The molecule has 6 rings (SSSR count). The second kappa shape index (κ2) is 7.15. The van der Waals surface area contributed by atoms with Crippen LogP contribution in [-0.2, 0) is 6.54 Å². The van der Waals surface area contributed by atoms with Gasteiger partial charge in [-0.15, -0.1) is 0 Å². The third kappa shape index (κ3) is 3.06. The number of hydrogen-bond acceptors (Lipinski definition) is 6. The topological polar surface area (TPSA) is 75.2 Å². The molecule has 3 aliphatic rings. The molecule has 7 heteroatoms. The first-order valence-corrected chi connectivity index (χ1v) is 10.1. The summed E-state index contributed by atoms with van der Waals surface area (Å²) in [5.74, 6) is 2.51. The van der Waals surface area contributed by atoms with E-state index in [0.717, 1.165) is 53.3 Å². The number of aliphatic hydroxyl groups is 1. The molecule has 0 radical (unpaired) electrons. The van der Waals surface area contributed by atoms with E-state index in [1.54, 1.807) is 0 Å². The maximum atomic E-state index is 10.0. The summed E-state index contributed by atoms with van der Waals surface area (Å²) in [6.45, 7) is 8.45. The lowest BCUT2D eigenvalue weighted by atomic mass is 9.68. The molecule has 3 aromatic rings. The summed E-state index contributed by atoms with van der Waals surface area (Å²) < 4.78 is 7.58. The molecule has 0 amide bonds. The predicted molar refractivity (Wildman–Crippen MR) is 113 cm³/mol. The molecule has 2 unspecified atom stereocenters. The van der Waals surface area contributed by atoms with Gasteiger partial charge in [0.05, 0.1) is 37.2 Å². The standard InChI is InChI=1S/C22H25N5O2/c1-3-29-18-7-19(21-17(8-23-2)10-25-27(21)13-18)14-4-5-20(24-9-14)26-11-15-6-16(12-26)22(15)28/h4-5,7,9-10,13,15-16,22,28H,2-3,6,8,11-12H2,1H3. The molecule has 2 saturated heterocycles. The fourth-order valence-electron chi connectivity index (χ4n) is 4.64. The van der Waals surface area contributed by atoms with E-state index >= 15 is 0 Å². The van der Waals surface area contributed by atoms with Gasteiger partial charge in [-0.05, 0) is 38.3 Å². The average molecular weight is 391 g/mol. The second-order valence-electron chi connectivity index (χ2n) is 7.92. The van der Waals surface area contributed by atoms with Gasteiger partial charge < -0.3 is 14.7 Å². The van der Waals surface area contributed by atoms with Crippen LogP contribution in [0.25, 0.3) is 16.6 Å². The Balaban J connectivity index is 1.51. The van der Waals surface area contributed by atoms with Crippen LogP contribution in [0.1, 0.15) is 18.9 Å². The minimum absolute atomic E-state index is 0.126. The van der Waals surface area contributed by atoms with Crippen molar-refractivity contribution < 1.29 is 9.84 Å². The third-order valence-electron chi connectivity index (χ3n) is 6.12. The second-order valence-corrected chi connectivity index (χ2v) is 7.92. The number of fused-ring (bicyclic) bond motifs is 3. The van der Waals surface area contributed by atoms with Crippen LogP contribution in [0.2, 0.25) is 0 Å². The number of piperidine rings is 2. The van der Waals surface area contributed by atoms with Crippen molar-refractivity contribution in [2.45, 2.75) is 26.0 Å². The van der Waals surface area contributed by atoms with Crippen molar-refractivity contribution >= 4 is 18.1 Å². The minimum atomic E-state index is -0.126. The molecule has 2 aliphatic heterocycles. The van der Waals surface area contributed by atoms with Gasteiger partial charge in [0.1, 0.15) is 11.6 Å². The summed E-state index contributed by atoms with van der Waals surface area (Å²) in [6.07, 6.45) is 6.64. The quantitative estimate of drug-likeness (QED) is 0.654. The molecule has 7 nitrogen and oxygen atoms in total. The Bertz CT molecular complexity index is 1030. The van der Waals surface area contributed by atoms with Crippen LogP contribution in [0.5, 0.6) is 5.75 Å². The molecular formula is C22H25N5O2. The van der Waals surface area contributed by atoms with E-state index in [2.05, 4.69) is 33.8 Å². The normalized spacial score (nSPS) is 23.1. The van der Waals surface area contributed by atoms with E-state index in [-0.39, 0.29) is 6.10 Å². The molecule has 1 saturated carbocycles. The Morgan fingerprint density at radius 1 is 1.28 bits per heavy atom. The Labute approximate surface area is 169 Å². The summed E-state index contributed by atoms with van der Waals surface area (Å²) in [7, 11) is 0. The Hall–Kier alpha value is -2.93. The Morgan fingerprint density at radius 2 is 2.10 bits per heavy atom. The van der Waals surface area contributed by atoms with Crippen LogP contribution < -0.4 is 9.64 Å². The largest absolute Gasteiger partial charge is 0.492 e. The number of hydrogen-bond donors (Lipinski definition) is 1. The van der Waals surface area contributed by atoms with Crippen molar-refractivity contribution in [2.75, 3.05) is 24.6 Å². The smallest absolute Gasteiger partial charge is 0.138 e. The van der Waals surface area contributed by atoms with Crippen LogP contribution in [0, 0.1) is 11.8 Å². The van der Waals surface area contributed by atoms with E-state index in [0.29, 0.717) is 25.0 Å². The van der Waals surface area contributed by atoms with Crippen molar-refractivity contribution in [3.05, 3.63) is 42.4 Å². The van der Waals surface area contributed by atoms with Gasteiger partial charge in [-0.2, -0.15) is 5.10 Å². The lowest BCUT2D eigenvalue weighted by molar-refractivity contribution is -0.0533. The first-order chi connectivity index (χ1) is 14.2. The maximum absolute atomic E-state index is 10.0. The van der Waals surface area contributed by atoms with Gasteiger partial charge in [-0.25, -0.2) is 9.50 Å². The number of anilines is 1. The zero-order chi connectivity index (χ0) is 20.0. The van der Waals surface area contributed by atoms with Gasteiger partial charge in [-0.1, -0.05) is 0 Å². The third-order valence-corrected chi connectivity index (χ3v) is 6.12. The lowest BCUT2D eigenvalue weighted by Gasteiger charge is -2.51. The number of aromatic nitrogens is 3. The predicted octanol–water partition coefficient (Wildman–Crippen LogP) is 2.81. The molecule has 0 aromatic carbocycles. The van der Waals surface area contributed by atoms with Gasteiger partial charge in [0.15, 0.2) is 0 Å². The molecular weight excluding hydrogens is 366 g/mol. The highest BCUT2D eigenvalue weighted by atomic mass is 16.5. The molecule has 2 bridgehead atoms. The number of aliphatic hydroxyl groups excluding tert-OH is 1. The highest BCUT2D eigenvalue weighted by Crippen LogP contribution is 2.41. The van der Waals surface area contributed by atoms with Crippen molar-refractivity contribution in [3.63, 3.8) is 0 Å². The number of aliphatic imine (C=N–C) groups is 1. The highest BCUT2D eigenvalue weighted by molar-refractivity contribution is 5.83. The van der Waals surface area contributed by atoms with Crippen LogP contribution in [0.15, 0.2) is 41.8 Å². The summed E-state index contributed by atoms with van der Waals surface area (Å²) in [5, 5.41) is 14.5. The van der Waals surface area contributed by atoms with Gasteiger partial charge in [0, 0.05) is 47.8 Å². The molecule has 29 heavy (non-hydrogen) atoms. The van der Waals surface area contributed by atoms with Crippen LogP contribution >= 0.6 is 0 Å². The molecule has 1 N–H and O–H groups in total. The summed E-state index contributed by atoms with van der Waals surface area (Å²) in [5.41, 5.74) is 4.04. The van der Waals surface area contributed by atoms with Crippen molar-refractivity contribution in [1.29, 1.82) is 0 Å². The Kier molecular flexibility index (Phi) is 4.47. The highest BCUT2D eigenvalue weighted by Gasteiger charge is 2.45. The summed E-state index contributed by atoms with van der Waals surface area (Å²) >= 11 is 0. The molecule has 3 aromatic heterocycles. The van der Waals surface area contributed by atoms with Gasteiger partial charge in [0.25, 0.3) is 0 Å². The van der Waals surface area contributed by atoms with Crippen LogP contribution in [0.4, 0.5) is 5.82 Å². The van der Waals surface area contributed by atoms with E-state index in [9.17, 15) is 5.11 Å². The zero-order valence-electron chi connectivity index (χ0n) is 16.5. The van der Waals surface area contributed by atoms with Crippen LogP contribution in [-0.4, -0.2) is 52.2 Å². The summed E-state index contributed by atoms with van der Waals surface area (Å²) in [4.78, 5) is 11.1. The minimum Gasteiger partial charge on any atom is -0.492 e. The van der Waals surface area contributed by atoms with E-state index in [1.807, 2.05) is 36.1 Å². The molecule has 2 atom stereocenters. The number of ether oxygens (including phenoxy) is 1. The van der Waals surface area contributed by atoms with Crippen molar-refractivity contribution in [2.24, 2.45) is 16.8 Å². The van der Waals surface area contributed by atoms with Gasteiger partial charge in [0.2, 0.25) is 0 Å². The average Bonchev–Trinajstić information content (AvgIpc) is 3.16. The fourth-order valence-corrected chi connectivity index (χ4v) is 4.64. The number of nitrogens with zero attached hydrogens (tertiary/aromatic N) is 5. The first kappa shape index (κ1) is 18.1. The molecule has 150 valence electrons. The molecule has 3 fully saturated rings. The first-order valence-electron chi connectivity index (χ1n) is 10.1. The Morgan fingerprint density at radius 3 is 2.76 bits per heavy atom. The monoisotopic (exact) mass is 391 g/mol. The zero-order valence-corrected chi connectivity index (χ0v) is 16.5. The van der Waals surface area contributed by atoms with E-state index in [1.165, 1.54) is 0 Å². The lowest BCUT2D eigenvalue weighted by Crippen LogP contribution is -2.58. The number of rotatable bonds is 6. The van der Waals surface area contributed by atoms with Crippen LogP contribution in [0.3, 0.4) is 0 Å². The van der Waals surface area contributed by atoms with Crippen molar-refractivity contribution in [1.82, 2.24) is 14.6 Å². The summed E-state index contributed by atoms with van der Waals surface area (Å²) in [6, 6.07) is 6.20. The maximum Gasteiger partial charge on any atom is 0.138 e. The van der Waals surface area contributed by atoms with Gasteiger partial charge in [-0.3, -0.25) is 4.99 Å². The molecule has 5 heterocycles. The van der Waals surface area contributed by atoms with Crippen molar-refractivity contribution in [3.8, 4) is 16.9 Å². The van der Waals surface area contributed by atoms with Gasteiger partial charge >= 0.3 is 0 Å².